The summed E-state index contributed by atoms with van der Waals surface area (Å²) in [5, 5.41) is 0. The Morgan fingerprint density at radius 2 is 1.85 bits per heavy atom. The molecule has 0 radical (unpaired) electrons. The molecule has 0 aliphatic heterocycles. The molecule has 0 bridgehead atoms. The second-order valence-electron chi connectivity index (χ2n) is 4.14. The highest BCUT2D eigenvalue weighted by molar-refractivity contribution is 7.89. The van der Waals surface area contributed by atoms with Crippen molar-refractivity contribution in [3.63, 3.8) is 0 Å². The highest BCUT2D eigenvalue weighted by atomic mass is 32.2. The number of benzene rings is 1. The zero-order valence-electron chi connectivity index (χ0n) is 11.6. The fourth-order valence-corrected chi connectivity index (χ4v) is 2.88. The summed E-state index contributed by atoms with van der Waals surface area (Å²) in [6, 6.07) is 5.12. The Morgan fingerprint density at radius 1 is 1.25 bits per heavy atom. The molecule has 0 spiro atoms. The summed E-state index contributed by atoms with van der Waals surface area (Å²) in [7, 11) is -3.92. The number of nitrogens with one attached hydrogen (secondary N) is 1. The molecule has 0 heterocycles. The molecule has 0 aromatic heterocycles. The van der Waals surface area contributed by atoms with E-state index in [4.69, 9.17) is 0 Å². The molecular formula is C13H19FN2O3S. The normalized spacial score (nSPS) is 11.3. The average molecular weight is 302 g/mol. The van der Waals surface area contributed by atoms with Gasteiger partial charge in [-0.25, -0.2) is 17.5 Å². The standard InChI is InChI=1S/C13H19FN2O3S/c1-3-16(4-2)13(17)9-10-15-20(18,19)12-8-6-5-7-11(12)14/h5-8,15H,3-4,9-10H2,1-2H3. The van der Waals surface area contributed by atoms with Gasteiger partial charge in [0.15, 0.2) is 0 Å². The van der Waals surface area contributed by atoms with Crippen LogP contribution in [0.4, 0.5) is 4.39 Å². The predicted octanol–water partition coefficient (Wildman–Crippen LogP) is 1.36. The van der Waals surface area contributed by atoms with Crippen molar-refractivity contribution in [2.24, 2.45) is 0 Å². The summed E-state index contributed by atoms with van der Waals surface area (Å²) in [6.45, 7) is 4.81. The van der Waals surface area contributed by atoms with Crippen LogP contribution in [0, 0.1) is 5.82 Å². The first-order chi connectivity index (χ1) is 9.42. The van der Waals surface area contributed by atoms with Gasteiger partial charge in [0.25, 0.3) is 0 Å². The third-order valence-electron chi connectivity index (χ3n) is 2.87. The van der Waals surface area contributed by atoms with Gasteiger partial charge in [0.1, 0.15) is 10.7 Å². The van der Waals surface area contributed by atoms with Crippen molar-refractivity contribution < 1.29 is 17.6 Å². The van der Waals surface area contributed by atoms with Crippen LogP contribution in [0.15, 0.2) is 29.2 Å². The minimum Gasteiger partial charge on any atom is -0.343 e. The van der Waals surface area contributed by atoms with E-state index in [0.29, 0.717) is 13.1 Å². The van der Waals surface area contributed by atoms with Crippen molar-refractivity contribution in [2.45, 2.75) is 25.2 Å². The summed E-state index contributed by atoms with van der Waals surface area (Å²) >= 11 is 0. The molecule has 7 heteroatoms. The number of hydrogen-bond acceptors (Lipinski definition) is 3. The number of rotatable bonds is 7. The van der Waals surface area contributed by atoms with Crippen LogP contribution in [-0.2, 0) is 14.8 Å². The lowest BCUT2D eigenvalue weighted by Gasteiger charge is -2.18. The van der Waals surface area contributed by atoms with Gasteiger partial charge in [-0.15, -0.1) is 0 Å². The molecule has 112 valence electrons. The molecule has 0 saturated heterocycles. The number of nitrogens with zero attached hydrogens (tertiary/aromatic N) is 1. The summed E-state index contributed by atoms with van der Waals surface area (Å²) < 4.78 is 39.4. The molecule has 1 aromatic carbocycles. The lowest BCUT2D eigenvalue weighted by atomic mass is 10.3. The third kappa shape index (κ3) is 4.28. The second-order valence-corrected chi connectivity index (χ2v) is 5.88. The van der Waals surface area contributed by atoms with E-state index in [-0.39, 0.29) is 18.9 Å². The van der Waals surface area contributed by atoms with E-state index in [1.807, 2.05) is 13.8 Å². The molecular weight excluding hydrogens is 283 g/mol. The lowest BCUT2D eigenvalue weighted by Crippen LogP contribution is -2.34. The third-order valence-corrected chi connectivity index (χ3v) is 4.37. The first-order valence-electron chi connectivity index (χ1n) is 6.44. The number of hydrogen-bond donors (Lipinski definition) is 1. The highest BCUT2D eigenvalue weighted by Gasteiger charge is 2.18. The molecule has 0 fully saturated rings. The van der Waals surface area contributed by atoms with Crippen molar-refractivity contribution in [2.75, 3.05) is 19.6 Å². The minimum atomic E-state index is -3.92. The Kier molecular flexibility index (Phi) is 6.09. The Bertz CT molecular complexity index is 556. The Labute approximate surface area is 118 Å². The van der Waals surface area contributed by atoms with E-state index < -0.39 is 20.7 Å². The fourth-order valence-electron chi connectivity index (χ4n) is 1.77. The van der Waals surface area contributed by atoms with Crippen LogP contribution in [0.3, 0.4) is 0 Å². The van der Waals surface area contributed by atoms with E-state index in [1.165, 1.54) is 18.2 Å². The molecule has 0 saturated carbocycles. The van der Waals surface area contributed by atoms with E-state index >= 15 is 0 Å². The molecule has 1 aromatic rings. The Hall–Kier alpha value is -1.47. The maximum Gasteiger partial charge on any atom is 0.243 e. The van der Waals surface area contributed by atoms with Crippen LogP contribution >= 0.6 is 0 Å². The van der Waals surface area contributed by atoms with Gasteiger partial charge in [-0.05, 0) is 26.0 Å². The summed E-state index contributed by atoms with van der Waals surface area (Å²) in [6.07, 6.45) is 0.0510. The minimum absolute atomic E-state index is 0.0496. The van der Waals surface area contributed by atoms with Gasteiger partial charge in [0.2, 0.25) is 15.9 Å². The molecule has 0 aliphatic rings. The van der Waals surface area contributed by atoms with E-state index in [1.54, 1.807) is 4.90 Å². The van der Waals surface area contributed by atoms with Gasteiger partial charge in [0.05, 0.1) is 0 Å². The quantitative estimate of drug-likeness (QED) is 0.827. The topological polar surface area (TPSA) is 66.5 Å². The van der Waals surface area contributed by atoms with Crippen molar-refractivity contribution in [3.8, 4) is 0 Å². The average Bonchev–Trinajstić information content (AvgIpc) is 2.40. The van der Waals surface area contributed by atoms with Crippen LogP contribution in [0.1, 0.15) is 20.3 Å². The van der Waals surface area contributed by atoms with E-state index in [9.17, 15) is 17.6 Å². The Balaban J connectivity index is 2.62. The van der Waals surface area contributed by atoms with E-state index in [2.05, 4.69) is 4.72 Å². The Morgan fingerprint density at radius 3 is 2.40 bits per heavy atom. The van der Waals surface area contributed by atoms with Crippen molar-refractivity contribution in [3.05, 3.63) is 30.1 Å². The molecule has 5 nitrogen and oxygen atoms in total. The smallest absolute Gasteiger partial charge is 0.243 e. The summed E-state index contributed by atoms with van der Waals surface area (Å²) in [5.41, 5.74) is 0. The number of carbonyl (C=O) groups excluding carboxylic acids is 1. The maximum absolute atomic E-state index is 13.4. The van der Waals surface area contributed by atoms with Gasteiger partial charge < -0.3 is 4.90 Å². The highest BCUT2D eigenvalue weighted by Crippen LogP contribution is 2.12. The lowest BCUT2D eigenvalue weighted by molar-refractivity contribution is -0.130. The molecule has 0 aliphatic carbocycles. The van der Waals surface area contributed by atoms with Crippen molar-refractivity contribution in [1.29, 1.82) is 0 Å². The van der Waals surface area contributed by atoms with Crippen LogP contribution in [0.25, 0.3) is 0 Å². The second kappa shape index (κ2) is 7.35. The zero-order valence-corrected chi connectivity index (χ0v) is 12.4. The van der Waals surface area contributed by atoms with Gasteiger partial charge in [0, 0.05) is 26.1 Å². The molecule has 1 amide bonds. The van der Waals surface area contributed by atoms with Crippen LogP contribution < -0.4 is 4.72 Å². The largest absolute Gasteiger partial charge is 0.343 e. The van der Waals surface area contributed by atoms with Crippen molar-refractivity contribution >= 4 is 15.9 Å². The first-order valence-corrected chi connectivity index (χ1v) is 7.92. The van der Waals surface area contributed by atoms with Gasteiger partial charge >= 0.3 is 0 Å². The summed E-state index contributed by atoms with van der Waals surface area (Å²) in [4.78, 5) is 12.9. The molecule has 1 N–H and O–H groups in total. The SMILES string of the molecule is CCN(CC)C(=O)CCNS(=O)(=O)c1ccccc1F. The first kappa shape index (κ1) is 16.6. The van der Waals surface area contributed by atoms with E-state index in [0.717, 1.165) is 6.07 Å². The molecule has 20 heavy (non-hydrogen) atoms. The van der Waals surface area contributed by atoms with Crippen LogP contribution in [0.5, 0.6) is 0 Å². The molecule has 0 unspecified atom stereocenters. The fraction of sp³-hybridized carbons (Fsp3) is 0.462. The maximum atomic E-state index is 13.4. The number of halogens is 1. The summed E-state index contributed by atoms with van der Waals surface area (Å²) in [5.74, 6) is -0.943. The predicted molar refractivity (Wildman–Crippen MR) is 74.1 cm³/mol. The molecule has 0 atom stereocenters. The zero-order chi connectivity index (χ0) is 15.2. The number of carbonyl (C=O) groups is 1. The van der Waals surface area contributed by atoms with Gasteiger partial charge in [-0.2, -0.15) is 0 Å². The van der Waals surface area contributed by atoms with Crippen LogP contribution in [0.2, 0.25) is 0 Å². The van der Waals surface area contributed by atoms with Crippen molar-refractivity contribution in [1.82, 2.24) is 9.62 Å². The van der Waals surface area contributed by atoms with Gasteiger partial charge in [-0.1, -0.05) is 12.1 Å². The van der Waals surface area contributed by atoms with Gasteiger partial charge in [-0.3, -0.25) is 4.79 Å². The van der Waals surface area contributed by atoms with Crippen LogP contribution in [-0.4, -0.2) is 38.9 Å². The number of sulfonamides is 1. The number of amides is 1. The molecule has 1 rings (SSSR count). The monoisotopic (exact) mass is 302 g/mol.